The fourth-order valence-electron chi connectivity index (χ4n) is 3.59. The molecule has 3 aromatic carbocycles. The number of benzene rings is 3. The third-order valence-corrected chi connectivity index (χ3v) is 5.06. The predicted molar refractivity (Wildman–Crippen MR) is 110 cm³/mol. The van der Waals surface area contributed by atoms with Gasteiger partial charge in [0.15, 0.2) is 0 Å². The van der Waals surface area contributed by atoms with E-state index in [9.17, 15) is 4.79 Å². The van der Waals surface area contributed by atoms with Crippen molar-refractivity contribution in [3.63, 3.8) is 0 Å². The minimum atomic E-state index is -0.0335. The number of para-hydroxylation sites is 1. The molecule has 0 saturated carbocycles. The summed E-state index contributed by atoms with van der Waals surface area (Å²) in [4.78, 5) is 16.1. The van der Waals surface area contributed by atoms with Crippen LogP contribution in [-0.4, -0.2) is 17.4 Å². The highest BCUT2D eigenvalue weighted by molar-refractivity contribution is 5.95. The fourth-order valence-corrected chi connectivity index (χ4v) is 3.59. The van der Waals surface area contributed by atoms with Gasteiger partial charge in [-0.1, -0.05) is 66.7 Å². The minimum absolute atomic E-state index is 0.0335. The van der Waals surface area contributed by atoms with Crippen LogP contribution in [0.1, 0.15) is 33.0 Å². The van der Waals surface area contributed by atoms with Gasteiger partial charge in [-0.2, -0.15) is 0 Å². The van der Waals surface area contributed by atoms with Gasteiger partial charge in [-0.15, -0.1) is 0 Å². The third-order valence-electron chi connectivity index (χ3n) is 5.06. The molecule has 0 aliphatic carbocycles. The van der Waals surface area contributed by atoms with Gasteiger partial charge in [-0.25, -0.2) is 0 Å². The summed E-state index contributed by atoms with van der Waals surface area (Å²) in [6.07, 6.45) is 2.06. The molecule has 0 saturated heterocycles. The number of nitrogens with one attached hydrogen (secondary N) is 2. The van der Waals surface area contributed by atoms with Crippen molar-refractivity contribution < 1.29 is 4.79 Å². The second kappa shape index (κ2) is 7.50. The zero-order chi connectivity index (χ0) is 18.6. The number of amides is 1. The highest BCUT2D eigenvalue weighted by Gasteiger charge is 2.19. The Morgan fingerprint density at radius 2 is 1.63 bits per heavy atom. The number of aryl methyl sites for hydroxylation is 1. The molecule has 1 aromatic heterocycles. The molecular weight excluding hydrogens is 332 g/mol. The standard InChI is InChI=1S/C24H22N2O/c1-17-9-5-6-12-19(17)24(27)26-15-21(18-10-3-2-4-11-18)22-16-25-23-14-8-7-13-20(22)23/h2-14,16,21,25H,15H2,1H3,(H,26,27)/t21-/m1/s1. The molecule has 0 unspecified atom stereocenters. The van der Waals surface area contributed by atoms with Crippen LogP contribution < -0.4 is 5.32 Å². The molecule has 1 atom stereocenters. The highest BCUT2D eigenvalue weighted by Crippen LogP contribution is 2.30. The van der Waals surface area contributed by atoms with Crippen molar-refractivity contribution in [2.24, 2.45) is 0 Å². The highest BCUT2D eigenvalue weighted by atomic mass is 16.1. The van der Waals surface area contributed by atoms with E-state index in [1.54, 1.807) is 0 Å². The van der Waals surface area contributed by atoms with Crippen LogP contribution in [0.15, 0.2) is 85.1 Å². The number of aromatic nitrogens is 1. The molecule has 3 nitrogen and oxygen atoms in total. The number of carbonyl (C=O) groups is 1. The zero-order valence-electron chi connectivity index (χ0n) is 15.3. The van der Waals surface area contributed by atoms with E-state index in [4.69, 9.17) is 0 Å². The Kier molecular flexibility index (Phi) is 4.75. The number of carbonyl (C=O) groups excluding carboxylic acids is 1. The maximum Gasteiger partial charge on any atom is 0.251 e. The van der Waals surface area contributed by atoms with Crippen LogP contribution in [0, 0.1) is 6.92 Å². The van der Waals surface area contributed by atoms with E-state index in [1.165, 1.54) is 16.5 Å². The molecular formula is C24H22N2O. The van der Waals surface area contributed by atoms with E-state index in [0.717, 1.165) is 16.6 Å². The van der Waals surface area contributed by atoms with E-state index in [-0.39, 0.29) is 11.8 Å². The Labute approximate surface area is 159 Å². The summed E-state index contributed by atoms with van der Waals surface area (Å²) in [6.45, 7) is 2.50. The molecule has 0 fully saturated rings. The van der Waals surface area contributed by atoms with Gasteiger partial charge in [-0.3, -0.25) is 4.79 Å². The first kappa shape index (κ1) is 17.1. The summed E-state index contributed by atoms with van der Waals surface area (Å²) in [5.74, 6) is 0.0455. The molecule has 134 valence electrons. The molecule has 0 spiro atoms. The van der Waals surface area contributed by atoms with Crippen LogP contribution in [0.2, 0.25) is 0 Å². The molecule has 1 heterocycles. The van der Waals surface area contributed by atoms with Crippen molar-refractivity contribution in [3.8, 4) is 0 Å². The predicted octanol–water partition coefficient (Wildman–Crippen LogP) is 5.04. The van der Waals surface area contributed by atoms with Crippen molar-refractivity contribution in [2.75, 3.05) is 6.54 Å². The molecule has 27 heavy (non-hydrogen) atoms. The fraction of sp³-hybridized carbons (Fsp3) is 0.125. The molecule has 2 N–H and O–H groups in total. The SMILES string of the molecule is Cc1ccccc1C(=O)NC[C@H](c1ccccc1)c1c[nH]c2ccccc12. The number of hydrogen-bond acceptors (Lipinski definition) is 1. The number of fused-ring (bicyclic) bond motifs is 1. The quantitative estimate of drug-likeness (QED) is 0.518. The van der Waals surface area contributed by atoms with E-state index in [2.05, 4.69) is 40.8 Å². The van der Waals surface area contributed by atoms with Crippen molar-refractivity contribution >= 4 is 16.8 Å². The van der Waals surface area contributed by atoms with Crippen LogP contribution in [0.5, 0.6) is 0 Å². The molecule has 0 aliphatic rings. The lowest BCUT2D eigenvalue weighted by atomic mass is 9.91. The number of hydrogen-bond donors (Lipinski definition) is 2. The van der Waals surface area contributed by atoms with Gasteiger partial charge in [0.2, 0.25) is 0 Å². The molecule has 3 heteroatoms. The first-order valence-corrected chi connectivity index (χ1v) is 9.19. The topological polar surface area (TPSA) is 44.9 Å². The van der Waals surface area contributed by atoms with Gasteiger partial charge in [0.05, 0.1) is 0 Å². The zero-order valence-corrected chi connectivity index (χ0v) is 15.3. The summed E-state index contributed by atoms with van der Waals surface area (Å²) < 4.78 is 0. The lowest BCUT2D eigenvalue weighted by Crippen LogP contribution is -2.29. The summed E-state index contributed by atoms with van der Waals surface area (Å²) in [6, 6.07) is 26.3. The molecule has 0 aliphatic heterocycles. The number of H-pyrrole nitrogens is 1. The minimum Gasteiger partial charge on any atom is -0.361 e. The van der Waals surface area contributed by atoms with Crippen LogP contribution >= 0.6 is 0 Å². The van der Waals surface area contributed by atoms with Gasteiger partial charge in [0, 0.05) is 35.1 Å². The Hall–Kier alpha value is -3.33. The summed E-state index contributed by atoms with van der Waals surface area (Å²) in [5, 5.41) is 4.33. The molecule has 4 aromatic rings. The summed E-state index contributed by atoms with van der Waals surface area (Å²) in [5.41, 5.74) is 5.20. The van der Waals surface area contributed by atoms with E-state index in [0.29, 0.717) is 6.54 Å². The molecule has 0 bridgehead atoms. The molecule has 4 rings (SSSR count). The van der Waals surface area contributed by atoms with Gasteiger partial charge < -0.3 is 10.3 Å². The van der Waals surface area contributed by atoms with Gasteiger partial charge >= 0.3 is 0 Å². The van der Waals surface area contributed by atoms with Gasteiger partial charge in [-0.05, 0) is 35.7 Å². The Morgan fingerprint density at radius 1 is 0.926 bits per heavy atom. The number of rotatable bonds is 5. The molecule has 1 amide bonds. The summed E-state index contributed by atoms with van der Waals surface area (Å²) in [7, 11) is 0. The first-order chi connectivity index (χ1) is 13.2. The monoisotopic (exact) mass is 354 g/mol. The summed E-state index contributed by atoms with van der Waals surface area (Å²) >= 11 is 0. The van der Waals surface area contributed by atoms with Crippen molar-refractivity contribution in [2.45, 2.75) is 12.8 Å². The second-order valence-corrected chi connectivity index (χ2v) is 6.78. The third kappa shape index (κ3) is 3.49. The van der Waals surface area contributed by atoms with E-state index >= 15 is 0 Å². The van der Waals surface area contributed by atoms with Crippen molar-refractivity contribution in [1.82, 2.24) is 10.3 Å². The number of aromatic amines is 1. The maximum absolute atomic E-state index is 12.7. The Balaban J connectivity index is 1.65. The van der Waals surface area contributed by atoms with Crippen LogP contribution in [0.3, 0.4) is 0 Å². The first-order valence-electron chi connectivity index (χ1n) is 9.19. The van der Waals surface area contributed by atoms with E-state index in [1.807, 2.05) is 61.5 Å². The van der Waals surface area contributed by atoms with Crippen LogP contribution in [0.25, 0.3) is 10.9 Å². The maximum atomic E-state index is 12.7. The molecule has 0 radical (unpaired) electrons. The van der Waals surface area contributed by atoms with Crippen LogP contribution in [-0.2, 0) is 0 Å². The van der Waals surface area contributed by atoms with E-state index < -0.39 is 0 Å². The average molecular weight is 354 g/mol. The van der Waals surface area contributed by atoms with Gasteiger partial charge in [0.25, 0.3) is 5.91 Å². The van der Waals surface area contributed by atoms with Gasteiger partial charge in [0.1, 0.15) is 0 Å². The smallest absolute Gasteiger partial charge is 0.251 e. The lowest BCUT2D eigenvalue weighted by molar-refractivity contribution is 0.0952. The average Bonchev–Trinajstić information content (AvgIpc) is 3.13. The lowest BCUT2D eigenvalue weighted by Gasteiger charge is -2.18. The Bertz CT molecular complexity index is 1070. The Morgan fingerprint density at radius 3 is 2.44 bits per heavy atom. The van der Waals surface area contributed by atoms with Crippen molar-refractivity contribution in [1.29, 1.82) is 0 Å². The second-order valence-electron chi connectivity index (χ2n) is 6.78. The normalized spacial score (nSPS) is 12.0. The van der Waals surface area contributed by atoms with Crippen molar-refractivity contribution in [3.05, 3.63) is 107 Å². The van der Waals surface area contributed by atoms with Crippen LogP contribution in [0.4, 0.5) is 0 Å². The largest absolute Gasteiger partial charge is 0.361 e.